The van der Waals surface area contributed by atoms with E-state index in [2.05, 4.69) is 5.32 Å². The van der Waals surface area contributed by atoms with Crippen LogP contribution in [-0.4, -0.2) is 33.5 Å². The van der Waals surface area contributed by atoms with E-state index in [4.69, 9.17) is 4.74 Å². The van der Waals surface area contributed by atoms with Crippen LogP contribution in [0.5, 0.6) is 5.75 Å². The zero-order valence-electron chi connectivity index (χ0n) is 21.1. The normalized spacial score (nSPS) is 15.0. The number of benzene rings is 4. The van der Waals surface area contributed by atoms with Crippen molar-refractivity contribution in [3.05, 3.63) is 114 Å². The highest BCUT2D eigenvalue weighted by atomic mass is 32.2. The molecule has 4 aromatic rings. The number of amides is 1. The van der Waals surface area contributed by atoms with Gasteiger partial charge in [-0.25, -0.2) is 8.42 Å². The number of fused-ring (bicyclic) bond motifs is 1. The molecule has 1 aliphatic rings. The summed E-state index contributed by atoms with van der Waals surface area (Å²) in [5, 5.41) is 2.76. The van der Waals surface area contributed by atoms with Gasteiger partial charge in [0.25, 0.3) is 10.0 Å². The van der Waals surface area contributed by atoms with Gasteiger partial charge in [-0.1, -0.05) is 66.7 Å². The molecule has 0 aliphatic carbocycles. The second-order valence-corrected chi connectivity index (χ2v) is 11.0. The van der Waals surface area contributed by atoms with E-state index >= 15 is 0 Å². The summed E-state index contributed by atoms with van der Waals surface area (Å²) in [7, 11) is -4.24. The van der Waals surface area contributed by atoms with Crippen molar-refractivity contribution in [1.29, 1.82) is 0 Å². The first kappa shape index (κ1) is 27.3. The number of nitrogens with one attached hydrogen (secondary N) is 1. The lowest BCUT2D eigenvalue weighted by Crippen LogP contribution is -2.48. The maximum absolute atomic E-state index is 13.8. The summed E-state index contributed by atoms with van der Waals surface area (Å²) < 4.78 is 74.9. The van der Waals surface area contributed by atoms with Crippen molar-refractivity contribution < 1.29 is 31.1 Å². The van der Waals surface area contributed by atoms with Gasteiger partial charge in [0, 0.05) is 6.42 Å². The number of anilines is 1. The van der Waals surface area contributed by atoms with Gasteiger partial charge in [-0.05, 0) is 53.1 Å². The Morgan fingerprint density at radius 2 is 1.52 bits per heavy atom. The van der Waals surface area contributed by atoms with Gasteiger partial charge < -0.3 is 10.1 Å². The molecule has 0 radical (unpaired) electrons. The standard InChI is InChI=1S/C30H25F3N2O4S/c31-30(32,33)26-12-6-5-11-25(26)21-14-16-24(17-15-21)40(37,38)35-27-13-7-4-8-22(27)20-28(35)29(36)34-18-19-39-23-9-2-1-3-10-23/h1-17,28H,18-20H2,(H,34,36)/t28-/m0/s1. The molecule has 1 heterocycles. The fourth-order valence-electron chi connectivity index (χ4n) is 4.73. The van der Waals surface area contributed by atoms with Crippen molar-refractivity contribution >= 4 is 21.6 Å². The molecule has 0 spiro atoms. The number of sulfonamides is 1. The van der Waals surface area contributed by atoms with Gasteiger partial charge in [0.2, 0.25) is 5.91 Å². The molecule has 0 aromatic heterocycles. The number of halogens is 3. The molecule has 0 saturated heterocycles. The van der Waals surface area contributed by atoms with E-state index in [1.165, 1.54) is 42.5 Å². The largest absolute Gasteiger partial charge is 0.492 e. The molecule has 1 atom stereocenters. The van der Waals surface area contributed by atoms with E-state index in [1.807, 2.05) is 18.2 Å². The molecule has 206 valence electrons. The molecule has 0 unspecified atom stereocenters. The Morgan fingerprint density at radius 3 is 2.25 bits per heavy atom. The molecular formula is C30H25F3N2O4S. The summed E-state index contributed by atoms with van der Waals surface area (Å²) in [4.78, 5) is 13.1. The van der Waals surface area contributed by atoms with Crippen molar-refractivity contribution in [3.8, 4) is 16.9 Å². The van der Waals surface area contributed by atoms with Gasteiger partial charge in [-0.3, -0.25) is 9.10 Å². The van der Waals surface area contributed by atoms with E-state index in [1.54, 1.807) is 36.4 Å². The lowest BCUT2D eigenvalue weighted by Gasteiger charge is -2.26. The third kappa shape index (κ3) is 5.53. The van der Waals surface area contributed by atoms with E-state index in [-0.39, 0.29) is 35.6 Å². The predicted molar refractivity (Wildman–Crippen MR) is 145 cm³/mol. The SMILES string of the molecule is O=C(NCCOc1ccccc1)[C@@H]1Cc2ccccc2N1S(=O)(=O)c1ccc(-c2ccccc2C(F)(F)F)cc1. The van der Waals surface area contributed by atoms with Crippen molar-refractivity contribution in [1.82, 2.24) is 5.32 Å². The van der Waals surface area contributed by atoms with Crippen LogP contribution in [0.2, 0.25) is 0 Å². The lowest BCUT2D eigenvalue weighted by molar-refractivity contribution is -0.137. The highest BCUT2D eigenvalue weighted by Gasteiger charge is 2.42. The average Bonchev–Trinajstić information content (AvgIpc) is 3.36. The molecule has 0 bridgehead atoms. The fourth-order valence-corrected chi connectivity index (χ4v) is 6.38. The monoisotopic (exact) mass is 566 g/mol. The van der Waals surface area contributed by atoms with Crippen LogP contribution in [-0.2, 0) is 27.4 Å². The number of ether oxygens (including phenoxy) is 1. The minimum absolute atomic E-state index is 0.0551. The second kappa shape index (κ2) is 11.1. The highest BCUT2D eigenvalue weighted by Crippen LogP contribution is 2.39. The van der Waals surface area contributed by atoms with E-state index in [0.717, 1.165) is 10.4 Å². The molecule has 6 nitrogen and oxygen atoms in total. The van der Waals surface area contributed by atoms with E-state index in [0.29, 0.717) is 17.0 Å². The first-order valence-corrected chi connectivity index (χ1v) is 13.9. The Kier molecular flexibility index (Phi) is 7.53. The Labute approximate surface area is 230 Å². The fraction of sp³-hybridized carbons (Fsp3) is 0.167. The first-order chi connectivity index (χ1) is 19.2. The van der Waals surface area contributed by atoms with Crippen LogP contribution in [0.1, 0.15) is 11.1 Å². The van der Waals surface area contributed by atoms with Gasteiger partial charge in [-0.2, -0.15) is 13.2 Å². The smallest absolute Gasteiger partial charge is 0.417 e. The van der Waals surface area contributed by atoms with Crippen molar-refractivity contribution in [3.63, 3.8) is 0 Å². The molecule has 1 N–H and O–H groups in total. The summed E-state index contributed by atoms with van der Waals surface area (Å²) in [5.74, 6) is 0.169. The van der Waals surface area contributed by atoms with Crippen molar-refractivity contribution in [2.24, 2.45) is 0 Å². The highest BCUT2D eigenvalue weighted by molar-refractivity contribution is 7.93. The number of hydrogen-bond acceptors (Lipinski definition) is 4. The number of carbonyl (C=O) groups is 1. The van der Waals surface area contributed by atoms with Gasteiger partial charge in [0.1, 0.15) is 18.4 Å². The zero-order chi connectivity index (χ0) is 28.3. The number of carbonyl (C=O) groups excluding carboxylic acids is 1. The third-order valence-electron chi connectivity index (χ3n) is 6.60. The molecule has 0 saturated carbocycles. The minimum Gasteiger partial charge on any atom is -0.492 e. The first-order valence-electron chi connectivity index (χ1n) is 12.5. The summed E-state index contributed by atoms with van der Waals surface area (Å²) in [6, 6.07) is 25.2. The summed E-state index contributed by atoms with van der Waals surface area (Å²) in [5.41, 5.74) is 0.436. The molecule has 0 fully saturated rings. The summed E-state index contributed by atoms with van der Waals surface area (Å²) >= 11 is 0. The van der Waals surface area contributed by atoms with E-state index < -0.39 is 33.7 Å². The van der Waals surface area contributed by atoms with Crippen LogP contribution < -0.4 is 14.4 Å². The predicted octanol–water partition coefficient (Wildman–Crippen LogP) is 5.69. The van der Waals surface area contributed by atoms with Crippen molar-refractivity contribution in [2.45, 2.75) is 23.5 Å². The van der Waals surface area contributed by atoms with Gasteiger partial charge in [0.15, 0.2) is 0 Å². The topological polar surface area (TPSA) is 75.7 Å². The summed E-state index contributed by atoms with van der Waals surface area (Å²) in [6.07, 6.45) is -4.38. The minimum atomic E-state index is -4.56. The number of rotatable bonds is 8. The van der Waals surface area contributed by atoms with Crippen LogP contribution in [0.25, 0.3) is 11.1 Å². The zero-order valence-corrected chi connectivity index (χ0v) is 22.0. The average molecular weight is 567 g/mol. The van der Waals surface area contributed by atoms with Gasteiger partial charge in [0.05, 0.1) is 22.7 Å². The van der Waals surface area contributed by atoms with E-state index in [9.17, 15) is 26.4 Å². The molecule has 4 aromatic carbocycles. The maximum atomic E-state index is 13.8. The van der Waals surface area contributed by atoms with Gasteiger partial charge in [-0.15, -0.1) is 0 Å². The Morgan fingerprint density at radius 1 is 0.875 bits per heavy atom. The van der Waals surface area contributed by atoms with Gasteiger partial charge >= 0.3 is 6.18 Å². The number of alkyl halides is 3. The molecule has 1 amide bonds. The Balaban J connectivity index is 1.38. The van der Waals surface area contributed by atoms with Crippen molar-refractivity contribution in [2.75, 3.05) is 17.5 Å². The molecular weight excluding hydrogens is 541 g/mol. The molecule has 1 aliphatic heterocycles. The second-order valence-electron chi connectivity index (χ2n) is 9.17. The summed E-state index contributed by atoms with van der Waals surface area (Å²) in [6.45, 7) is 0.366. The number of hydrogen-bond donors (Lipinski definition) is 1. The Hall–Kier alpha value is -4.31. The third-order valence-corrected chi connectivity index (χ3v) is 8.43. The number of para-hydroxylation sites is 2. The van der Waals surface area contributed by atoms with Crippen LogP contribution in [0.15, 0.2) is 108 Å². The lowest BCUT2D eigenvalue weighted by atomic mass is 9.99. The van der Waals surface area contributed by atoms with Crippen LogP contribution in [0, 0.1) is 0 Å². The molecule has 5 rings (SSSR count). The Bertz CT molecular complexity index is 1610. The quantitative estimate of drug-likeness (QED) is 0.278. The number of nitrogens with zero attached hydrogens (tertiary/aromatic N) is 1. The molecule has 40 heavy (non-hydrogen) atoms. The van der Waals surface area contributed by atoms with Crippen LogP contribution in [0.3, 0.4) is 0 Å². The van der Waals surface area contributed by atoms with Crippen LogP contribution >= 0.6 is 0 Å². The molecule has 10 heteroatoms. The van der Waals surface area contributed by atoms with Crippen LogP contribution in [0.4, 0.5) is 18.9 Å². The maximum Gasteiger partial charge on any atom is 0.417 e.